The molecule has 1 amide bonds. The molecule has 2 N–H and O–H groups in total. The number of fused-ring (bicyclic) bond motifs is 1. The predicted octanol–water partition coefficient (Wildman–Crippen LogP) is 2.73. The number of aromatic nitrogens is 1. The fourth-order valence-electron chi connectivity index (χ4n) is 2.22. The maximum absolute atomic E-state index is 11.9. The maximum Gasteiger partial charge on any atom is 0.296 e. The van der Waals surface area contributed by atoms with Crippen molar-refractivity contribution in [1.29, 1.82) is 0 Å². The van der Waals surface area contributed by atoms with Gasteiger partial charge in [0, 0.05) is 11.6 Å². The van der Waals surface area contributed by atoms with E-state index in [-0.39, 0.29) is 0 Å². The first-order valence-corrected chi connectivity index (χ1v) is 7.00. The minimum Gasteiger partial charge on any atom is -0.366 e. The summed E-state index contributed by atoms with van der Waals surface area (Å²) in [6.45, 7) is 0.894. The Kier molecular flexibility index (Phi) is 3.77. The highest BCUT2D eigenvalue weighted by Gasteiger charge is 2.24. The maximum atomic E-state index is 11.9. The van der Waals surface area contributed by atoms with Crippen molar-refractivity contribution in [2.24, 2.45) is 0 Å². The van der Waals surface area contributed by atoms with Gasteiger partial charge in [0.05, 0.1) is 6.54 Å². The zero-order valence-electron chi connectivity index (χ0n) is 11.2. The molecule has 108 valence electrons. The predicted molar refractivity (Wildman–Crippen MR) is 79.5 cm³/mol. The van der Waals surface area contributed by atoms with Gasteiger partial charge in [-0.25, -0.2) is 10.0 Å². The molecule has 1 aromatic carbocycles. The highest BCUT2D eigenvalue weighted by Crippen LogP contribution is 2.19. The number of anilines is 1. The number of hydrogen-bond donors (Lipinski definition) is 2. The lowest BCUT2D eigenvalue weighted by Crippen LogP contribution is -2.35. The highest BCUT2D eigenvalue weighted by molar-refractivity contribution is 6.30. The summed E-state index contributed by atoms with van der Waals surface area (Å²) in [7, 11) is 0. The molecule has 0 radical (unpaired) electrons. The Balaban J connectivity index is 1.75. The number of carbonyl (C=O) groups excluding carboxylic acids is 1. The lowest BCUT2D eigenvalue weighted by atomic mass is 10.1. The van der Waals surface area contributed by atoms with Gasteiger partial charge in [-0.3, -0.25) is 10.0 Å². The van der Waals surface area contributed by atoms with Crippen LogP contribution in [0.3, 0.4) is 0 Å². The van der Waals surface area contributed by atoms with Crippen LogP contribution in [0.1, 0.15) is 21.6 Å². The number of nitrogens with one attached hydrogen (secondary N) is 1. The van der Waals surface area contributed by atoms with Gasteiger partial charge in [0.25, 0.3) is 5.91 Å². The van der Waals surface area contributed by atoms with Crippen molar-refractivity contribution in [3.05, 3.63) is 58.2 Å². The number of hydroxylamine groups is 2. The van der Waals surface area contributed by atoms with Crippen LogP contribution in [0, 0.1) is 0 Å². The van der Waals surface area contributed by atoms with Crippen LogP contribution in [0.15, 0.2) is 36.4 Å². The van der Waals surface area contributed by atoms with Gasteiger partial charge in [0.1, 0.15) is 11.5 Å². The second-order valence-electron chi connectivity index (χ2n) is 4.86. The van der Waals surface area contributed by atoms with E-state index in [1.54, 1.807) is 0 Å². The number of pyridine rings is 1. The number of rotatable bonds is 3. The molecule has 1 aliphatic rings. The van der Waals surface area contributed by atoms with Gasteiger partial charge in [-0.1, -0.05) is 29.8 Å². The lowest BCUT2D eigenvalue weighted by Gasteiger charge is -2.22. The van der Waals surface area contributed by atoms with Crippen LogP contribution in [-0.4, -0.2) is 27.7 Å². The molecule has 0 unspecified atom stereocenters. The molecule has 5 nitrogen and oxygen atoms in total. The fourth-order valence-corrected chi connectivity index (χ4v) is 2.34. The number of carbonyl (C=O) groups is 1. The van der Waals surface area contributed by atoms with E-state index in [4.69, 9.17) is 11.6 Å². The lowest BCUT2D eigenvalue weighted by molar-refractivity contribution is -0.0607. The van der Waals surface area contributed by atoms with Crippen LogP contribution >= 0.6 is 11.6 Å². The number of benzene rings is 1. The highest BCUT2D eigenvalue weighted by atomic mass is 35.5. The van der Waals surface area contributed by atoms with Crippen LogP contribution in [0.2, 0.25) is 5.02 Å². The van der Waals surface area contributed by atoms with Crippen molar-refractivity contribution in [3.8, 4) is 0 Å². The Morgan fingerprint density at radius 3 is 2.76 bits per heavy atom. The minimum absolute atomic E-state index is 0.310. The SMILES string of the molecule is O=C1c2nc(NCc3ccc(Cl)cc3)ccc2CCN1O. The van der Waals surface area contributed by atoms with Gasteiger partial charge in [0.15, 0.2) is 0 Å². The molecule has 2 heterocycles. The number of amides is 1. The average molecular weight is 304 g/mol. The molecule has 1 aliphatic heterocycles. The molecule has 3 rings (SSSR count). The Bertz CT molecular complexity index is 673. The first-order chi connectivity index (χ1) is 10.1. The zero-order chi connectivity index (χ0) is 14.8. The molecule has 0 saturated heterocycles. The van der Waals surface area contributed by atoms with Crippen molar-refractivity contribution >= 4 is 23.3 Å². The Morgan fingerprint density at radius 2 is 2.00 bits per heavy atom. The van der Waals surface area contributed by atoms with Crippen LogP contribution in [0.4, 0.5) is 5.82 Å². The summed E-state index contributed by atoms with van der Waals surface area (Å²) in [5.74, 6) is 0.152. The topological polar surface area (TPSA) is 65.5 Å². The normalized spacial score (nSPS) is 14.0. The third kappa shape index (κ3) is 2.99. The summed E-state index contributed by atoms with van der Waals surface area (Å²) in [5, 5.41) is 14.0. The molecule has 1 aromatic heterocycles. The molecule has 0 atom stereocenters. The molecule has 2 aromatic rings. The molecular formula is C15H14ClN3O2. The van der Waals surface area contributed by atoms with Gasteiger partial charge >= 0.3 is 0 Å². The van der Waals surface area contributed by atoms with E-state index < -0.39 is 5.91 Å². The first-order valence-electron chi connectivity index (χ1n) is 6.62. The average Bonchev–Trinajstić information content (AvgIpc) is 2.51. The van der Waals surface area contributed by atoms with Gasteiger partial charge in [-0.2, -0.15) is 0 Å². The standard InChI is InChI=1S/C15H14ClN3O2/c16-12-4-1-10(2-5-12)9-17-13-6-3-11-7-8-19(21)15(20)14(11)18-13/h1-6,21H,7-9H2,(H,17,18). The smallest absolute Gasteiger partial charge is 0.296 e. The molecular weight excluding hydrogens is 290 g/mol. The van der Waals surface area contributed by atoms with E-state index in [0.717, 1.165) is 11.1 Å². The van der Waals surface area contributed by atoms with Crippen molar-refractivity contribution in [3.63, 3.8) is 0 Å². The quantitative estimate of drug-likeness (QED) is 0.856. The summed E-state index contributed by atoms with van der Waals surface area (Å²) in [4.78, 5) is 16.1. The largest absolute Gasteiger partial charge is 0.366 e. The van der Waals surface area contributed by atoms with E-state index in [0.29, 0.717) is 41.1 Å². The molecule has 0 aliphatic carbocycles. The summed E-state index contributed by atoms with van der Waals surface area (Å²) >= 11 is 5.84. The van der Waals surface area contributed by atoms with E-state index in [2.05, 4.69) is 10.3 Å². The van der Waals surface area contributed by atoms with Crippen LogP contribution in [0.25, 0.3) is 0 Å². The minimum atomic E-state index is -0.452. The number of halogens is 1. The van der Waals surface area contributed by atoms with Crippen molar-refractivity contribution in [2.75, 3.05) is 11.9 Å². The third-order valence-electron chi connectivity index (χ3n) is 3.40. The monoisotopic (exact) mass is 303 g/mol. The van der Waals surface area contributed by atoms with Gasteiger partial charge in [0.2, 0.25) is 0 Å². The number of nitrogens with zero attached hydrogens (tertiary/aromatic N) is 2. The van der Waals surface area contributed by atoms with E-state index >= 15 is 0 Å². The van der Waals surface area contributed by atoms with Crippen LogP contribution in [-0.2, 0) is 13.0 Å². The van der Waals surface area contributed by atoms with Gasteiger partial charge < -0.3 is 5.32 Å². The molecule has 6 heteroatoms. The van der Waals surface area contributed by atoms with Crippen molar-refractivity contribution < 1.29 is 10.0 Å². The summed E-state index contributed by atoms with van der Waals surface area (Å²) in [6, 6.07) is 11.2. The fraction of sp³-hybridized carbons (Fsp3) is 0.200. The Hall–Kier alpha value is -2.11. The Labute approximate surface area is 127 Å². The molecule has 0 saturated carbocycles. The second-order valence-corrected chi connectivity index (χ2v) is 5.30. The summed E-state index contributed by atoms with van der Waals surface area (Å²) < 4.78 is 0. The molecule has 21 heavy (non-hydrogen) atoms. The Morgan fingerprint density at radius 1 is 1.24 bits per heavy atom. The van der Waals surface area contributed by atoms with Crippen molar-refractivity contribution in [1.82, 2.24) is 10.0 Å². The third-order valence-corrected chi connectivity index (χ3v) is 3.65. The van der Waals surface area contributed by atoms with E-state index in [9.17, 15) is 10.0 Å². The van der Waals surface area contributed by atoms with Gasteiger partial charge in [-0.05, 0) is 35.7 Å². The van der Waals surface area contributed by atoms with Crippen molar-refractivity contribution in [2.45, 2.75) is 13.0 Å². The molecule has 0 fully saturated rings. The molecule has 0 spiro atoms. The number of hydrogen-bond acceptors (Lipinski definition) is 4. The zero-order valence-corrected chi connectivity index (χ0v) is 12.0. The van der Waals surface area contributed by atoms with Crippen LogP contribution < -0.4 is 5.32 Å². The van der Waals surface area contributed by atoms with Crippen LogP contribution in [0.5, 0.6) is 0 Å². The van der Waals surface area contributed by atoms with E-state index in [1.807, 2.05) is 36.4 Å². The second kappa shape index (κ2) is 5.71. The van der Waals surface area contributed by atoms with Gasteiger partial charge in [-0.15, -0.1) is 0 Å². The summed E-state index contributed by atoms with van der Waals surface area (Å²) in [5.41, 5.74) is 2.24. The molecule has 0 bridgehead atoms. The first kappa shape index (κ1) is 13.9. The summed E-state index contributed by atoms with van der Waals surface area (Å²) in [6.07, 6.45) is 0.613. The van der Waals surface area contributed by atoms with E-state index in [1.165, 1.54) is 0 Å².